The summed E-state index contributed by atoms with van der Waals surface area (Å²) in [7, 11) is 1.32. The van der Waals surface area contributed by atoms with Crippen LogP contribution in [-0.4, -0.2) is 35.0 Å². The van der Waals surface area contributed by atoms with E-state index < -0.39 is 5.97 Å². The van der Waals surface area contributed by atoms with Crippen LogP contribution in [0.15, 0.2) is 72.8 Å². The summed E-state index contributed by atoms with van der Waals surface area (Å²) < 4.78 is 9.96. The van der Waals surface area contributed by atoms with Crippen molar-refractivity contribution in [3.63, 3.8) is 0 Å². The Hall–Kier alpha value is -4.13. The van der Waals surface area contributed by atoms with E-state index in [2.05, 4.69) is 20.3 Å². The lowest BCUT2D eigenvalue weighted by molar-refractivity contribution is -0.142. The highest BCUT2D eigenvalue weighted by Gasteiger charge is 2.12. The Labute approximate surface area is 172 Å². The lowest BCUT2D eigenvalue weighted by Gasteiger charge is -2.12. The average Bonchev–Trinajstić information content (AvgIpc) is 2.79. The number of anilines is 2. The van der Waals surface area contributed by atoms with Gasteiger partial charge in [0.1, 0.15) is 17.2 Å². The number of benzene rings is 3. The highest BCUT2D eigenvalue weighted by molar-refractivity contribution is 6.00. The third kappa shape index (κ3) is 4.15. The first kappa shape index (κ1) is 19.2. The third-order valence-electron chi connectivity index (χ3n) is 4.53. The number of nitrogens with one attached hydrogen (secondary N) is 1. The summed E-state index contributed by atoms with van der Waals surface area (Å²) in [4.78, 5) is 11.2. The molecule has 0 aliphatic carbocycles. The molecule has 0 atom stereocenters. The molecule has 1 aromatic heterocycles. The molecule has 0 spiro atoms. The van der Waals surface area contributed by atoms with E-state index in [4.69, 9.17) is 4.74 Å². The number of rotatable bonds is 6. The van der Waals surface area contributed by atoms with Crippen molar-refractivity contribution >= 4 is 28.2 Å². The zero-order valence-corrected chi connectivity index (χ0v) is 16.2. The van der Waals surface area contributed by atoms with Gasteiger partial charge in [0, 0.05) is 22.0 Å². The van der Waals surface area contributed by atoms with Crippen molar-refractivity contribution in [1.29, 1.82) is 0 Å². The molecule has 0 saturated heterocycles. The van der Waals surface area contributed by atoms with Crippen LogP contribution in [0.25, 0.3) is 22.0 Å². The van der Waals surface area contributed by atoms with Gasteiger partial charge in [-0.2, -0.15) is 0 Å². The Morgan fingerprint density at radius 3 is 2.33 bits per heavy atom. The molecular weight excluding hydrogens is 382 g/mol. The number of carbonyl (C=O) groups excluding carboxylic acids is 1. The number of nitrogens with zero attached hydrogens (tertiary/aromatic N) is 2. The molecule has 7 nitrogen and oxygen atoms in total. The van der Waals surface area contributed by atoms with E-state index in [1.165, 1.54) is 7.11 Å². The molecule has 0 aliphatic heterocycles. The molecule has 7 heteroatoms. The summed E-state index contributed by atoms with van der Waals surface area (Å²) in [5.41, 5.74) is 2.41. The van der Waals surface area contributed by atoms with Gasteiger partial charge in [0.15, 0.2) is 12.4 Å². The largest absolute Gasteiger partial charge is 0.508 e. The van der Waals surface area contributed by atoms with Crippen LogP contribution >= 0.6 is 0 Å². The number of phenolic OH excluding ortho intramolecular Hbond substituents is 1. The SMILES string of the molecule is COC(=O)COc1ccc(-c2nnc(Nc3ccc(O)cc3)c3ccccc23)cc1. The minimum Gasteiger partial charge on any atom is -0.508 e. The van der Waals surface area contributed by atoms with Crippen molar-refractivity contribution in [2.45, 2.75) is 0 Å². The third-order valence-corrected chi connectivity index (χ3v) is 4.53. The molecule has 4 aromatic rings. The van der Waals surface area contributed by atoms with E-state index in [9.17, 15) is 9.90 Å². The number of methoxy groups -OCH3 is 1. The molecule has 3 aromatic carbocycles. The Bertz CT molecular complexity index is 1180. The fourth-order valence-corrected chi connectivity index (χ4v) is 3.00. The van der Waals surface area contributed by atoms with Crippen LogP contribution in [0, 0.1) is 0 Å². The molecule has 0 unspecified atom stereocenters. The maximum absolute atomic E-state index is 11.2. The van der Waals surface area contributed by atoms with E-state index in [1.807, 2.05) is 36.4 Å². The summed E-state index contributed by atoms with van der Waals surface area (Å²) in [6.07, 6.45) is 0. The first-order valence-electron chi connectivity index (χ1n) is 9.25. The standard InChI is InChI=1S/C23H19N3O4/c1-29-21(28)14-30-18-12-6-15(7-13-18)22-19-4-2-3-5-20(19)23(26-25-22)24-16-8-10-17(27)11-9-16/h2-13,27H,14H2,1H3,(H,24,26). The van der Waals surface area contributed by atoms with Gasteiger partial charge < -0.3 is 19.9 Å². The Morgan fingerprint density at radius 2 is 1.63 bits per heavy atom. The second-order valence-electron chi connectivity index (χ2n) is 6.50. The van der Waals surface area contributed by atoms with Gasteiger partial charge in [-0.25, -0.2) is 4.79 Å². The summed E-state index contributed by atoms with van der Waals surface area (Å²) >= 11 is 0. The number of ether oxygens (including phenoxy) is 2. The van der Waals surface area contributed by atoms with E-state index in [1.54, 1.807) is 36.4 Å². The maximum Gasteiger partial charge on any atom is 0.343 e. The number of hydrogen-bond donors (Lipinski definition) is 2. The van der Waals surface area contributed by atoms with Crippen molar-refractivity contribution in [3.05, 3.63) is 72.8 Å². The fourth-order valence-electron chi connectivity index (χ4n) is 3.00. The van der Waals surface area contributed by atoms with Gasteiger partial charge >= 0.3 is 5.97 Å². The minimum atomic E-state index is -0.437. The molecule has 150 valence electrons. The van der Waals surface area contributed by atoms with Crippen LogP contribution in [0.5, 0.6) is 11.5 Å². The second-order valence-corrected chi connectivity index (χ2v) is 6.50. The Balaban J connectivity index is 1.64. The summed E-state index contributed by atoms with van der Waals surface area (Å²) in [6, 6.07) is 21.9. The normalized spacial score (nSPS) is 10.6. The van der Waals surface area contributed by atoms with E-state index in [0.717, 1.165) is 27.7 Å². The summed E-state index contributed by atoms with van der Waals surface area (Å²) in [5.74, 6) is 0.948. The maximum atomic E-state index is 11.2. The van der Waals surface area contributed by atoms with Crippen LogP contribution in [0.3, 0.4) is 0 Å². The number of aromatic hydroxyl groups is 1. The summed E-state index contributed by atoms with van der Waals surface area (Å²) in [5, 5.41) is 23.4. The van der Waals surface area contributed by atoms with Crippen LogP contribution in [0.1, 0.15) is 0 Å². The molecule has 0 bridgehead atoms. The van der Waals surface area contributed by atoms with Crippen LogP contribution in [-0.2, 0) is 9.53 Å². The first-order chi connectivity index (χ1) is 14.6. The van der Waals surface area contributed by atoms with E-state index in [0.29, 0.717) is 11.6 Å². The molecule has 2 N–H and O–H groups in total. The Morgan fingerprint density at radius 1 is 0.933 bits per heavy atom. The van der Waals surface area contributed by atoms with Crippen molar-refractivity contribution in [2.24, 2.45) is 0 Å². The highest BCUT2D eigenvalue weighted by Crippen LogP contribution is 2.32. The van der Waals surface area contributed by atoms with Crippen LogP contribution in [0.2, 0.25) is 0 Å². The van der Waals surface area contributed by atoms with Gasteiger partial charge in [0.2, 0.25) is 0 Å². The minimum absolute atomic E-state index is 0.143. The van der Waals surface area contributed by atoms with Crippen molar-refractivity contribution in [3.8, 4) is 22.8 Å². The van der Waals surface area contributed by atoms with E-state index >= 15 is 0 Å². The lowest BCUT2D eigenvalue weighted by atomic mass is 10.0. The topological polar surface area (TPSA) is 93.6 Å². The van der Waals surface area contributed by atoms with Gasteiger partial charge in [-0.1, -0.05) is 24.3 Å². The molecule has 0 aliphatic rings. The van der Waals surface area contributed by atoms with Gasteiger partial charge in [0.25, 0.3) is 0 Å². The lowest BCUT2D eigenvalue weighted by Crippen LogP contribution is -2.12. The quantitative estimate of drug-likeness (QED) is 0.367. The van der Waals surface area contributed by atoms with Gasteiger partial charge in [-0.3, -0.25) is 0 Å². The number of aromatic nitrogens is 2. The van der Waals surface area contributed by atoms with Crippen molar-refractivity contribution in [2.75, 3.05) is 19.0 Å². The van der Waals surface area contributed by atoms with Gasteiger partial charge in [-0.15, -0.1) is 10.2 Å². The number of fused-ring (bicyclic) bond motifs is 1. The van der Waals surface area contributed by atoms with Crippen molar-refractivity contribution in [1.82, 2.24) is 10.2 Å². The number of phenols is 1. The van der Waals surface area contributed by atoms with Gasteiger partial charge in [-0.05, 0) is 48.5 Å². The zero-order chi connectivity index (χ0) is 20.9. The predicted molar refractivity (Wildman–Crippen MR) is 114 cm³/mol. The highest BCUT2D eigenvalue weighted by atomic mass is 16.6. The smallest absolute Gasteiger partial charge is 0.343 e. The fraction of sp³-hybridized carbons (Fsp3) is 0.0870. The van der Waals surface area contributed by atoms with E-state index in [-0.39, 0.29) is 12.4 Å². The first-order valence-corrected chi connectivity index (χ1v) is 9.25. The molecule has 30 heavy (non-hydrogen) atoms. The molecule has 1 heterocycles. The number of hydrogen-bond acceptors (Lipinski definition) is 7. The molecule has 0 saturated carbocycles. The molecule has 0 radical (unpaired) electrons. The van der Waals surface area contributed by atoms with Gasteiger partial charge in [0.05, 0.1) is 7.11 Å². The van der Waals surface area contributed by atoms with Crippen LogP contribution in [0.4, 0.5) is 11.5 Å². The zero-order valence-electron chi connectivity index (χ0n) is 16.2. The monoisotopic (exact) mass is 401 g/mol. The number of esters is 1. The molecule has 0 fully saturated rings. The number of carbonyl (C=O) groups is 1. The average molecular weight is 401 g/mol. The molecule has 0 amide bonds. The second kappa shape index (κ2) is 8.48. The molecule has 4 rings (SSSR count). The molecular formula is C23H19N3O4. The Kier molecular flexibility index (Phi) is 5.43. The van der Waals surface area contributed by atoms with Crippen molar-refractivity contribution < 1.29 is 19.4 Å². The predicted octanol–water partition coefficient (Wildman–Crippen LogP) is 4.30. The van der Waals surface area contributed by atoms with Crippen LogP contribution < -0.4 is 10.1 Å². The summed E-state index contributed by atoms with van der Waals surface area (Å²) in [6.45, 7) is -0.143.